The molecule has 1 rings (SSSR count). The van der Waals surface area contributed by atoms with Gasteiger partial charge < -0.3 is 10.6 Å². The van der Waals surface area contributed by atoms with Gasteiger partial charge in [0, 0.05) is 25.0 Å². The molecule has 0 aromatic carbocycles. The van der Waals surface area contributed by atoms with E-state index in [9.17, 15) is 4.79 Å². The van der Waals surface area contributed by atoms with Gasteiger partial charge >= 0.3 is 0 Å². The van der Waals surface area contributed by atoms with Crippen molar-refractivity contribution in [2.45, 2.75) is 58.4 Å². The van der Waals surface area contributed by atoms with E-state index in [0.29, 0.717) is 18.5 Å². The zero-order valence-electron chi connectivity index (χ0n) is 10.7. The maximum Gasteiger partial charge on any atom is 0.225 e. The van der Waals surface area contributed by atoms with E-state index in [2.05, 4.69) is 13.8 Å². The molecule has 1 saturated heterocycles. The SMILES string of the molecule is CCCCC(CC)C(=O)N1CCCC1CN. The van der Waals surface area contributed by atoms with Crippen molar-refractivity contribution in [2.24, 2.45) is 11.7 Å². The first kappa shape index (κ1) is 13.5. The number of unbranched alkanes of at least 4 members (excludes halogenated alkanes) is 1. The van der Waals surface area contributed by atoms with Gasteiger partial charge in [-0.05, 0) is 25.7 Å². The zero-order valence-corrected chi connectivity index (χ0v) is 10.7. The van der Waals surface area contributed by atoms with Crippen LogP contribution < -0.4 is 5.73 Å². The summed E-state index contributed by atoms with van der Waals surface area (Å²) in [4.78, 5) is 14.4. The number of nitrogens with two attached hydrogens (primary N) is 1. The predicted molar refractivity (Wildman–Crippen MR) is 67.1 cm³/mol. The molecular formula is C13H26N2O. The van der Waals surface area contributed by atoms with E-state index >= 15 is 0 Å². The van der Waals surface area contributed by atoms with Gasteiger partial charge in [-0.25, -0.2) is 0 Å². The van der Waals surface area contributed by atoms with Crippen LogP contribution >= 0.6 is 0 Å². The van der Waals surface area contributed by atoms with Crippen molar-refractivity contribution >= 4 is 5.91 Å². The number of amides is 1. The Kier molecular flexibility index (Phi) is 5.81. The number of carbonyl (C=O) groups is 1. The Morgan fingerprint density at radius 2 is 2.25 bits per heavy atom. The number of hydrogen-bond acceptors (Lipinski definition) is 2. The molecule has 1 aliphatic rings. The predicted octanol–water partition coefficient (Wildman–Crippen LogP) is 2.15. The van der Waals surface area contributed by atoms with Gasteiger partial charge in [-0.15, -0.1) is 0 Å². The van der Waals surface area contributed by atoms with Crippen molar-refractivity contribution in [3.8, 4) is 0 Å². The van der Waals surface area contributed by atoms with Crippen molar-refractivity contribution in [3.05, 3.63) is 0 Å². The minimum atomic E-state index is 0.229. The molecule has 0 aliphatic carbocycles. The smallest absolute Gasteiger partial charge is 0.225 e. The quantitative estimate of drug-likeness (QED) is 0.754. The molecule has 0 aromatic rings. The first-order valence-corrected chi connectivity index (χ1v) is 6.75. The van der Waals surface area contributed by atoms with Crippen LogP contribution in [0.3, 0.4) is 0 Å². The molecule has 3 nitrogen and oxygen atoms in total. The maximum atomic E-state index is 12.3. The summed E-state index contributed by atoms with van der Waals surface area (Å²) in [6.45, 7) is 5.83. The zero-order chi connectivity index (χ0) is 12.0. The van der Waals surface area contributed by atoms with Crippen molar-refractivity contribution in [1.82, 2.24) is 4.90 Å². The van der Waals surface area contributed by atoms with Crippen LogP contribution in [0.25, 0.3) is 0 Å². The molecule has 2 unspecified atom stereocenters. The summed E-state index contributed by atoms with van der Waals surface area (Å²) < 4.78 is 0. The fourth-order valence-corrected chi connectivity index (χ4v) is 2.56. The van der Waals surface area contributed by atoms with Crippen LogP contribution in [0.4, 0.5) is 0 Å². The monoisotopic (exact) mass is 226 g/mol. The van der Waals surface area contributed by atoms with Crippen molar-refractivity contribution in [3.63, 3.8) is 0 Å². The molecule has 0 spiro atoms. The molecule has 16 heavy (non-hydrogen) atoms. The van der Waals surface area contributed by atoms with Gasteiger partial charge in [0.2, 0.25) is 5.91 Å². The molecular weight excluding hydrogens is 200 g/mol. The fourth-order valence-electron chi connectivity index (χ4n) is 2.56. The van der Waals surface area contributed by atoms with E-state index in [0.717, 1.165) is 38.6 Å². The van der Waals surface area contributed by atoms with E-state index < -0.39 is 0 Å². The lowest BCUT2D eigenvalue weighted by atomic mass is 9.97. The van der Waals surface area contributed by atoms with Gasteiger partial charge in [0.1, 0.15) is 0 Å². The molecule has 0 saturated carbocycles. The summed E-state index contributed by atoms with van der Waals surface area (Å²) in [6.07, 6.45) is 6.55. The highest BCUT2D eigenvalue weighted by molar-refractivity contribution is 5.79. The molecule has 2 N–H and O–H groups in total. The molecule has 0 bridgehead atoms. The Morgan fingerprint density at radius 3 is 2.81 bits per heavy atom. The summed E-state index contributed by atoms with van der Waals surface area (Å²) in [7, 11) is 0. The Morgan fingerprint density at radius 1 is 1.50 bits per heavy atom. The first-order valence-electron chi connectivity index (χ1n) is 6.75. The summed E-state index contributed by atoms with van der Waals surface area (Å²) in [6, 6.07) is 0.308. The molecule has 1 aliphatic heterocycles. The van der Waals surface area contributed by atoms with Gasteiger partial charge in [0.15, 0.2) is 0 Å². The van der Waals surface area contributed by atoms with E-state index in [1.807, 2.05) is 4.90 Å². The van der Waals surface area contributed by atoms with Gasteiger partial charge in [-0.1, -0.05) is 26.7 Å². The van der Waals surface area contributed by atoms with Gasteiger partial charge in [0.25, 0.3) is 0 Å². The van der Waals surface area contributed by atoms with E-state index in [1.165, 1.54) is 6.42 Å². The van der Waals surface area contributed by atoms with Crippen LogP contribution in [-0.4, -0.2) is 29.9 Å². The number of rotatable bonds is 6. The topological polar surface area (TPSA) is 46.3 Å². The van der Waals surface area contributed by atoms with Crippen molar-refractivity contribution < 1.29 is 4.79 Å². The standard InChI is InChI=1S/C13H26N2O/c1-3-5-7-11(4-2)13(16)15-9-6-8-12(15)10-14/h11-12H,3-10,14H2,1-2H3. The summed E-state index contributed by atoms with van der Waals surface area (Å²) in [5.74, 6) is 0.580. The highest BCUT2D eigenvalue weighted by Crippen LogP contribution is 2.23. The van der Waals surface area contributed by atoms with Crippen LogP contribution in [0.5, 0.6) is 0 Å². The van der Waals surface area contributed by atoms with Crippen LogP contribution in [-0.2, 0) is 4.79 Å². The Bertz CT molecular complexity index is 218. The molecule has 3 heteroatoms. The normalized spacial score (nSPS) is 22.4. The number of hydrogen-bond donors (Lipinski definition) is 1. The Hall–Kier alpha value is -0.570. The van der Waals surface area contributed by atoms with Crippen molar-refractivity contribution in [1.29, 1.82) is 0 Å². The molecule has 2 atom stereocenters. The van der Waals surface area contributed by atoms with Crippen molar-refractivity contribution in [2.75, 3.05) is 13.1 Å². The number of nitrogens with zero attached hydrogens (tertiary/aromatic N) is 1. The van der Waals surface area contributed by atoms with Crippen LogP contribution in [0.2, 0.25) is 0 Å². The van der Waals surface area contributed by atoms with Gasteiger partial charge in [-0.2, -0.15) is 0 Å². The average Bonchev–Trinajstić information content (AvgIpc) is 2.77. The number of likely N-dealkylation sites (tertiary alicyclic amines) is 1. The highest BCUT2D eigenvalue weighted by Gasteiger charge is 2.30. The van der Waals surface area contributed by atoms with Crippen LogP contribution in [0, 0.1) is 5.92 Å². The Balaban J connectivity index is 2.52. The van der Waals surface area contributed by atoms with Gasteiger partial charge in [0.05, 0.1) is 0 Å². The third-order valence-corrected chi connectivity index (χ3v) is 3.68. The minimum absolute atomic E-state index is 0.229. The summed E-state index contributed by atoms with van der Waals surface area (Å²) >= 11 is 0. The van der Waals surface area contributed by atoms with Gasteiger partial charge in [-0.3, -0.25) is 4.79 Å². The largest absolute Gasteiger partial charge is 0.338 e. The second-order valence-electron chi connectivity index (χ2n) is 4.81. The Labute approximate surface area is 99.4 Å². The second-order valence-corrected chi connectivity index (χ2v) is 4.81. The van der Waals surface area contributed by atoms with Crippen LogP contribution in [0.15, 0.2) is 0 Å². The minimum Gasteiger partial charge on any atom is -0.338 e. The third kappa shape index (κ3) is 3.21. The number of carbonyl (C=O) groups excluding carboxylic acids is 1. The highest BCUT2D eigenvalue weighted by atomic mass is 16.2. The lowest BCUT2D eigenvalue weighted by molar-refractivity contribution is -0.136. The van der Waals surface area contributed by atoms with E-state index in [1.54, 1.807) is 0 Å². The maximum absolute atomic E-state index is 12.3. The molecule has 0 radical (unpaired) electrons. The second kappa shape index (κ2) is 6.89. The van der Waals surface area contributed by atoms with Crippen LogP contribution in [0.1, 0.15) is 52.4 Å². The summed E-state index contributed by atoms with van der Waals surface area (Å²) in [5.41, 5.74) is 5.71. The van der Waals surface area contributed by atoms with E-state index in [-0.39, 0.29) is 5.92 Å². The third-order valence-electron chi connectivity index (χ3n) is 3.68. The molecule has 0 aromatic heterocycles. The average molecular weight is 226 g/mol. The molecule has 1 fully saturated rings. The molecule has 1 heterocycles. The lowest BCUT2D eigenvalue weighted by Gasteiger charge is -2.27. The van der Waals surface area contributed by atoms with E-state index in [4.69, 9.17) is 5.73 Å². The molecule has 1 amide bonds. The first-order chi connectivity index (χ1) is 7.74. The molecule has 94 valence electrons. The lowest BCUT2D eigenvalue weighted by Crippen LogP contribution is -2.43. The summed E-state index contributed by atoms with van der Waals surface area (Å²) in [5, 5.41) is 0. The fraction of sp³-hybridized carbons (Fsp3) is 0.923.